The Morgan fingerprint density at radius 1 is 0.875 bits per heavy atom. The van der Waals surface area contributed by atoms with E-state index in [-0.39, 0.29) is 12.5 Å². The second-order valence-electron chi connectivity index (χ2n) is 4.57. The molecule has 10 heteroatoms. The normalized spacial score (nSPS) is 13.8. The van der Waals surface area contributed by atoms with Gasteiger partial charge in [0.15, 0.2) is 23.0 Å². The topological polar surface area (TPSA) is 123 Å². The van der Waals surface area contributed by atoms with Crippen molar-refractivity contribution < 1.29 is 28.8 Å². The number of hydrogen-bond acceptors (Lipinski definition) is 8. The van der Waals surface area contributed by atoms with Crippen LogP contribution in [0.4, 0.5) is 5.69 Å². The van der Waals surface area contributed by atoms with E-state index < -0.39 is 16.3 Å². The summed E-state index contributed by atoms with van der Waals surface area (Å²) in [6, 6.07) is 11.0. The summed E-state index contributed by atoms with van der Waals surface area (Å²) in [6.07, 6.45) is -1.39. The van der Waals surface area contributed by atoms with Gasteiger partial charge in [-0.05, 0) is 18.2 Å². The first-order valence-corrected chi connectivity index (χ1v) is 6.64. The average Bonchev–Trinajstić information content (AvgIpc) is 3.21. The molecule has 2 heterocycles. The van der Waals surface area contributed by atoms with E-state index >= 15 is 0 Å². The molecule has 0 radical (unpaired) electrons. The zero-order chi connectivity index (χ0) is 17.1. The number of benzene rings is 2. The summed E-state index contributed by atoms with van der Waals surface area (Å²) in [5.41, 5.74) is 0.0132. The quantitative estimate of drug-likeness (QED) is 0.605. The Hall–Kier alpha value is -3.56. The highest BCUT2D eigenvalue weighted by atomic mass is 16.8. The molecule has 0 saturated carbocycles. The fraction of sp³-hybridized carbons (Fsp3) is 0.143. The van der Waals surface area contributed by atoms with E-state index in [4.69, 9.17) is 18.9 Å². The third-order valence-corrected chi connectivity index (χ3v) is 3.04. The van der Waals surface area contributed by atoms with Gasteiger partial charge in [0.2, 0.25) is 6.79 Å². The van der Waals surface area contributed by atoms with Gasteiger partial charge < -0.3 is 18.9 Å². The fourth-order valence-electron chi connectivity index (χ4n) is 1.97. The van der Waals surface area contributed by atoms with Crippen LogP contribution in [0.2, 0.25) is 0 Å². The fourth-order valence-corrected chi connectivity index (χ4v) is 1.97. The minimum atomic E-state index is -1.39. The van der Waals surface area contributed by atoms with Crippen molar-refractivity contribution in [3.63, 3.8) is 0 Å². The van der Waals surface area contributed by atoms with E-state index in [1.165, 1.54) is 18.2 Å². The minimum absolute atomic E-state index is 0.0132. The molecule has 10 nitrogen and oxygen atoms in total. The number of hydrogen-bond donors (Lipinski definition) is 0. The predicted octanol–water partition coefficient (Wildman–Crippen LogP) is 2.34. The molecule has 0 saturated heterocycles. The lowest BCUT2D eigenvalue weighted by Gasteiger charge is -1.98. The predicted molar refractivity (Wildman–Crippen MR) is 77.7 cm³/mol. The van der Waals surface area contributed by atoms with Gasteiger partial charge in [0, 0.05) is 6.07 Å². The largest absolute Gasteiger partial charge is 0.517 e. The SMILES string of the molecule is O=[N+]([O-])C1Oc2ccccc2O1.O=[N+]([O-])c1ccc2c(c1)OCO2. The van der Waals surface area contributed by atoms with Gasteiger partial charge >= 0.3 is 6.41 Å². The van der Waals surface area contributed by atoms with Crippen LogP contribution in [-0.4, -0.2) is 23.1 Å². The van der Waals surface area contributed by atoms with Gasteiger partial charge in [-0.25, -0.2) is 0 Å². The Morgan fingerprint density at radius 2 is 1.50 bits per heavy atom. The molecule has 0 bridgehead atoms. The Balaban J connectivity index is 0.000000141. The molecule has 0 atom stereocenters. The van der Waals surface area contributed by atoms with Crippen molar-refractivity contribution in [2.75, 3.05) is 6.79 Å². The smallest absolute Gasteiger partial charge is 0.454 e. The Labute approximate surface area is 134 Å². The standard InChI is InChI=1S/2C7H5NO4/c9-8(10)5-1-2-6-7(3-5)12-4-11-6;9-8(10)7-11-5-3-1-2-4-6(5)12-7/h1-3H,4H2;1-4,7H. The molecule has 0 spiro atoms. The second-order valence-corrected chi connectivity index (χ2v) is 4.57. The molecule has 0 amide bonds. The molecule has 0 N–H and O–H groups in total. The summed E-state index contributed by atoms with van der Waals surface area (Å²) in [6.45, 7) is 0.135. The maximum absolute atomic E-state index is 10.3. The summed E-state index contributed by atoms with van der Waals surface area (Å²) in [5, 5.41) is 20.5. The first-order chi connectivity index (χ1) is 11.5. The molecule has 2 aliphatic rings. The third-order valence-electron chi connectivity index (χ3n) is 3.04. The molecule has 2 aliphatic heterocycles. The van der Waals surface area contributed by atoms with E-state index in [9.17, 15) is 20.2 Å². The Kier molecular flexibility index (Phi) is 4.01. The van der Waals surface area contributed by atoms with E-state index in [2.05, 4.69) is 0 Å². The van der Waals surface area contributed by atoms with Gasteiger partial charge in [0.05, 0.1) is 11.0 Å². The van der Waals surface area contributed by atoms with Crippen LogP contribution in [0.15, 0.2) is 42.5 Å². The zero-order valence-corrected chi connectivity index (χ0v) is 12.0. The molecule has 0 aliphatic carbocycles. The summed E-state index contributed by atoms with van der Waals surface area (Å²) in [7, 11) is 0. The number of ether oxygens (including phenoxy) is 4. The number of para-hydroxylation sites is 2. The van der Waals surface area contributed by atoms with Crippen molar-refractivity contribution in [3.8, 4) is 23.0 Å². The van der Waals surface area contributed by atoms with Gasteiger partial charge in [-0.3, -0.25) is 20.2 Å². The van der Waals surface area contributed by atoms with Gasteiger partial charge in [0.25, 0.3) is 5.69 Å². The Morgan fingerprint density at radius 3 is 2.08 bits per heavy atom. The summed E-state index contributed by atoms with van der Waals surface area (Å²) in [4.78, 5) is 19.4. The number of rotatable bonds is 2. The number of nitro groups is 2. The molecule has 24 heavy (non-hydrogen) atoms. The molecular formula is C14H10N2O8. The average molecular weight is 334 g/mol. The summed E-state index contributed by atoms with van der Waals surface area (Å²) >= 11 is 0. The molecule has 2 aromatic rings. The van der Waals surface area contributed by atoms with Crippen LogP contribution in [0, 0.1) is 20.2 Å². The van der Waals surface area contributed by atoms with Crippen molar-refractivity contribution in [1.29, 1.82) is 0 Å². The van der Waals surface area contributed by atoms with Gasteiger partial charge in [0.1, 0.15) is 4.92 Å². The summed E-state index contributed by atoms with van der Waals surface area (Å²) in [5.74, 6) is 1.82. The van der Waals surface area contributed by atoms with Crippen LogP contribution in [0.1, 0.15) is 0 Å². The third kappa shape index (κ3) is 3.11. The Bertz CT molecular complexity index is 769. The van der Waals surface area contributed by atoms with E-state index in [0.717, 1.165) is 0 Å². The highest BCUT2D eigenvalue weighted by molar-refractivity contribution is 5.49. The maximum Gasteiger partial charge on any atom is 0.517 e. The van der Waals surface area contributed by atoms with Crippen LogP contribution in [0.5, 0.6) is 23.0 Å². The second kappa shape index (κ2) is 6.28. The van der Waals surface area contributed by atoms with E-state index in [0.29, 0.717) is 23.0 Å². The molecule has 0 aromatic heterocycles. The molecule has 124 valence electrons. The number of fused-ring (bicyclic) bond motifs is 2. The monoisotopic (exact) mass is 334 g/mol. The highest BCUT2D eigenvalue weighted by Crippen LogP contribution is 2.35. The van der Waals surface area contributed by atoms with Crippen LogP contribution in [0.3, 0.4) is 0 Å². The zero-order valence-electron chi connectivity index (χ0n) is 12.0. The molecule has 0 unspecified atom stereocenters. The van der Waals surface area contributed by atoms with Crippen molar-refractivity contribution in [2.45, 2.75) is 6.41 Å². The molecular weight excluding hydrogens is 324 g/mol. The lowest BCUT2D eigenvalue weighted by atomic mass is 10.3. The minimum Gasteiger partial charge on any atom is -0.454 e. The first-order valence-electron chi connectivity index (χ1n) is 6.64. The van der Waals surface area contributed by atoms with E-state index in [1.807, 2.05) is 0 Å². The van der Waals surface area contributed by atoms with Crippen LogP contribution in [-0.2, 0) is 0 Å². The van der Waals surface area contributed by atoms with Crippen molar-refractivity contribution in [2.24, 2.45) is 0 Å². The van der Waals surface area contributed by atoms with Crippen LogP contribution >= 0.6 is 0 Å². The van der Waals surface area contributed by atoms with Crippen molar-refractivity contribution in [1.82, 2.24) is 0 Å². The van der Waals surface area contributed by atoms with Gasteiger partial charge in [-0.2, -0.15) is 0 Å². The molecule has 4 rings (SSSR count). The van der Waals surface area contributed by atoms with Crippen molar-refractivity contribution >= 4 is 5.69 Å². The van der Waals surface area contributed by atoms with E-state index in [1.54, 1.807) is 24.3 Å². The highest BCUT2D eigenvalue weighted by Gasteiger charge is 2.32. The van der Waals surface area contributed by atoms with Crippen LogP contribution in [0.25, 0.3) is 0 Å². The van der Waals surface area contributed by atoms with Gasteiger partial charge in [-0.1, -0.05) is 12.1 Å². The lowest BCUT2D eigenvalue weighted by molar-refractivity contribution is -0.600. The maximum atomic E-state index is 10.3. The summed E-state index contributed by atoms with van der Waals surface area (Å²) < 4.78 is 19.6. The van der Waals surface area contributed by atoms with Crippen molar-refractivity contribution in [3.05, 3.63) is 62.7 Å². The number of non-ortho nitro benzene ring substituents is 1. The number of nitrogens with zero attached hydrogens (tertiary/aromatic N) is 2. The first kappa shape index (κ1) is 15.3. The van der Waals surface area contributed by atoms with Crippen LogP contribution < -0.4 is 18.9 Å². The molecule has 2 aromatic carbocycles. The number of nitro benzene ring substituents is 1. The van der Waals surface area contributed by atoms with Gasteiger partial charge in [-0.15, -0.1) is 0 Å². The molecule has 0 fully saturated rings. The lowest BCUT2D eigenvalue weighted by Crippen LogP contribution is -2.27.